The summed E-state index contributed by atoms with van der Waals surface area (Å²) in [5, 5.41) is 2.26. The summed E-state index contributed by atoms with van der Waals surface area (Å²) in [6.45, 7) is 4.22. The van der Waals surface area contributed by atoms with E-state index in [-0.39, 0.29) is 18.0 Å². The van der Waals surface area contributed by atoms with Gasteiger partial charge in [0.25, 0.3) is 11.8 Å². The zero-order valence-corrected chi connectivity index (χ0v) is 22.4. The number of ether oxygens (including phenoxy) is 2. The monoisotopic (exact) mass is 614 g/mol. The summed E-state index contributed by atoms with van der Waals surface area (Å²) in [4.78, 5) is 39.6. The van der Waals surface area contributed by atoms with Crippen LogP contribution in [-0.2, 0) is 22.6 Å². The zero-order chi connectivity index (χ0) is 26.5. The highest BCUT2D eigenvalue weighted by Gasteiger charge is 2.37. The van der Waals surface area contributed by atoms with Gasteiger partial charge in [0, 0.05) is 0 Å². The Kier molecular flexibility index (Phi) is 8.22. The Morgan fingerprint density at radius 1 is 1.00 bits per heavy atom. The van der Waals surface area contributed by atoms with Crippen LogP contribution in [0.15, 0.2) is 66.2 Å². The number of barbiturate groups is 1. The first-order valence-corrected chi connectivity index (χ1v) is 12.7. The van der Waals surface area contributed by atoms with Gasteiger partial charge in [0.1, 0.15) is 18.0 Å². The second-order valence-corrected chi connectivity index (χ2v) is 9.28. The molecule has 0 saturated carbocycles. The highest BCUT2D eigenvalue weighted by atomic mass is 127. The smallest absolute Gasteiger partial charge is 0.335 e. The van der Waals surface area contributed by atoms with Crippen molar-refractivity contribution in [2.75, 3.05) is 11.5 Å². The standard InChI is InChI=1S/C28H24FIN2O5/c1-3-19-9-5-6-11-23(19)32-27(34)21(26(33)31-28(32)35)13-18-14-22(30)25(24(15-18)36-4-2)37-16-17-8-7-10-20(29)12-17/h5-15H,3-4,16H2,1-2H3,(H,31,33,35)/b21-13-. The fourth-order valence-corrected chi connectivity index (χ4v) is 4.71. The zero-order valence-electron chi connectivity index (χ0n) is 20.2. The second-order valence-electron chi connectivity index (χ2n) is 8.12. The Labute approximate surface area is 227 Å². The van der Waals surface area contributed by atoms with E-state index in [0.717, 1.165) is 10.5 Å². The fraction of sp³-hybridized carbons (Fsp3) is 0.179. The van der Waals surface area contributed by atoms with Gasteiger partial charge in [-0.3, -0.25) is 14.9 Å². The van der Waals surface area contributed by atoms with E-state index in [1.54, 1.807) is 36.4 Å². The number of amides is 4. The van der Waals surface area contributed by atoms with E-state index >= 15 is 0 Å². The molecule has 1 heterocycles. The number of imide groups is 2. The largest absolute Gasteiger partial charge is 0.490 e. The lowest BCUT2D eigenvalue weighted by Crippen LogP contribution is -2.54. The van der Waals surface area contributed by atoms with E-state index in [1.807, 2.05) is 26.0 Å². The summed E-state index contributed by atoms with van der Waals surface area (Å²) in [6, 6.07) is 15.8. The minimum Gasteiger partial charge on any atom is -0.490 e. The van der Waals surface area contributed by atoms with Gasteiger partial charge in [-0.1, -0.05) is 37.3 Å². The molecule has 1 aliphatic heterocycles. The van der Waals surface area contributed by atoms with E-state index in [4.69, 9.17) is 9.47 Å². The lowest BCUT2D eigenvalue weighted by atomic mass is 10.0. The molecule has 0 radical (unpaired) electrons. The molecule has 0 unspecified atom stereocenters. The van der Waals surface area contributed by atoms with Crippen LogP contribution in [-0.4, -0.2) is 24.5 Å². The van der Waals surface area contributed by atoms with Crippen molar-refractivity contribution in [1.82, 2.24) is 5.32 Å². The Balaban J connectivity index is 1.68. The van der Waals surface area contributed by atoms with Crippen molar-refractivity contribution in [1.29, 1.82) is 0 Å². The molecule has 0 atom stereocenters. The quantitative estimate of drug-likeness (QED) is 0.202. The number of hydrogen-bond acceptors (Lipinski definition) is 5. The normalized spacial score (nSPS) is 14.6. The summed E-state index contributed by atoms with van der Waals surface area (Å²) in [6.07, 6.45) is 2.03. The number of urea groups is 1. The third-order valence-corrected chi connectivity index (χ3v) is 6.43. The van der Waals surface area contributed by atoms with Crippen LogP contribution in [0.2, 0.25) is 0 Å². The fourth-order valence-electron chi connectivity index (χ4n) is 3.93. The molecule has 1 fully saturated rings. The van der Waals surface area contributed by atoms with E-state index in [2.05, 4.69) is 27.9 Å². The number of nitrogens with one attached hydrogen (secondary N) is 1. The molecule has 4 rings (SSSR count). The van der Waals surface area contributed by atoms with Gasteiger partial charge in [-0.2, -0.15) is 0 Å². The molecule has 0 bridgehead atoms. The molecule has 0 spiro atoms. The molecule has 3 aromatic rings. The number of para-hydroxylation sites is 1. The molecule has 0 aromatic heterocycles. The number of nitrogens with zero attached hydrogens (tertiary/aromatic N) is 1. The van der Waals surface area contributed by atoms with Gasteiger partial charge >= 0.3 is 6.03 Å². The number of aryl methyl sites for hydroxylation is 1. The van der Waals surface area contributed by atoms with Crippen LogP contribution >= 0.6 is 22.6 Å². The first-order chi connectivity index (χ1) is 17.8. The maximum Gasteiger partial charge on any atom is 0.335 e. The Morgan fingerprint density at radius 2 is 1.78 bits per heavy atom. The van der Waals surface area contributed by atoms with Crippen LogP contribution in [0.3, 0.4) is 0 Å². The minimum absolute atomic E-state index is 0.128. The number of hydrogen-bond donors (Lipinski definition) is 1. The maximum atomic E-state index is 13.5. The Hall–Kier alpha value is -3.73. The van der Waals surface area contributed by atoms with Crippen molar-refractivity contribution in [2.24, 2.45) is 0 Å². The van der Waals surface area contributed by atoms with Crippen molar-refractivity contribution in [2.45, 2.75) is 26.9 Å². The minimum atomic E-state index is -0.793. The van der Waals surface area contributed by atoms with Crippen molar-refractivity contribution >= 4 is 52.2 Å². The number of carbonyl (C=O) groups excluding carboxylic acids is 3. The van der Waals surface area contributed by atoms with E-state index < -0.39 is 17.8 Å². The molecule has 1 saturated heterocycles. The van der Waals surface area contributed by atoms with Crippen molar-refractivity contribution in [3.8, 4) is 11.5 Å². The highest BCUT2D eigenvalue weighted by Crippen LogP contribution is 2.36. The number of anilines is 1. The molecule has 3 aromatic carbocycles. The van der Waals surface area contributed by atoms with Gasteiger partial charge in [-0.15, -0.1) is 0 Å². The van der Waals surface area contributed by atoms with Crippen molar-refractivity contribution in [3.63, 3.8) is 0 Å². The molecule has 190 valence electrons. The SMILES string of the molecule is CCOc1cc(/C=C2/C(=O)NC(=O)N(c3ccccc3CC)C2=O)cc(I)c1OCc1cccc(F)c1. The van der Waals surface area contributed by atoms with E-state index in [1.165, 1.54) is 18.2 Å². The number of halogens is 2. The lowest BCUT2D eigenvalue weighted by Gasteiger charge is -2.28. The molecule has 37 heavy (non-hydrogen) atoms. The molecular formula is C28H24FIN2O5. The average Bonchev–Trinajstić information content (AvgIpc) is 2.86. The molecule has 0 aliphatic carbocycles. The van der Waals surface area contributed by atoms with Crippen molar-refractivity contribution < 1.29 is 28.2 Å². The summed E-state index contributed by atoms with van der Waals surface area (Å²) in [7, 11) is 0. The van der Waals surface area contributed by atoms with Gasteiger partial charge in [0.2, 0.25) is 0 Å². The second kappa shape index (κ2) is 11.5. The molecule has 7 nitrogen and oxygen atoms in total. The van der Waals surface area contributed by atoms with Crippen LogP contribution in [0.4, 0.5) is 14.9 Å². The van der Waals surface area contributed by atoms with Crippen molar-refractivity contribution in [3.05, 3.63) is 92.3 Å². The van der Waals surface area contributed by atoms with Gasteiger partial charge in [0.05, 0.1) is 15.9 Å². The first kappa shape index (κ1) is 26.3. The molecule has 4 amide bonds. The molecule has 1 N–H and O–H groups in total. The molecule has 1 aliphatic rings. The third-order valence-electron chi connectivity index (χ3n) is 5.63. The van der Waals surface area contributed by atoms with E-state index in [0.29, 0.717) is 44.9 Å². The third kappa shape index (κ3) is 5.82. The molecular weight excluding hydrogens is 590 g/mol. The Bertz CT molecular complexity index is 1410. The van der Waals surface area contributed by atoms with Crippen LogP contribution in [0.5, 0.6) is 11.5 Å². The summed E-state index contributed by atoms with van der Waals surface area (Å²) in [5.41, 5.74) is 2.22. The lowest BCUT2D eigenvalue weighted by molar-refractivity contribution is -0.122. The Morgan fingerprint density at radius 3 is 2.51 bits per heavy atom. The number of rotatable bonds is 8. The highest BCUT2D eigenvalue weighted by molar-refractivity contribution is 14.1. The predicted molar refractivity (Wildman–Crippen MR) is 146 cm³/mol. The van der Waals surface area contributed by atoms with E-state index in [9.17, 15) is 18.8 Å². The first-order valence-electron chi connectivity index (χ1n) is 11.6. The number of benzene rings is 3. The van der Waals surface area contributed by atoms with Gasteiger partial charge in [0.15, 0.2) is 11.5 Å². The van der Waals surface area contributed by atoms with Crippen LogP contribution in [0.1, 0.15) is 30.5 Å². The molecule has 9 heteroatoms. The van der Waals surface area contributed by atoms with Gasteiger partial charge in [-0.25, -0.2) is 14.1 Å². The van der Waals surface area contributed by atoms with Crippen LogP contribution in [0.25, 0.3) is 6.08 Å². The average molecular weight is 614 g/mol. The predicted octanol–water partition coefficient (Wildman–Crippen LogP) is 5.64. The number of carbonyl (C=O) groups is 3. The van der Waals surface area contributed by atoms with Gasteiger partial charge < -0.3 is 9.47 Å². The van der Waals surface area contributed by atoms with Crippen LogP contribution in [0, 0.1) is 9.39 Å². The summed E-state index contributed by atoms with van der Waals surface area (Å²) >= 11 is 2.07. The van der Waals surface area contributed by atoms with Gasteiger partial charge in [-0.05, 0) is 89.0 Å². The summed E-state index contributed by atoms with van der Waals surface area (Å²) < 4.78 is 25.9. The topological polar surface area (TPSA) is 84.9 Å². The maximum absolute atomic E-state index is 13.5. The summed E-state index contributed by atoms with van der Waals surface area (Å²) in [5.74, 6) is -0.978. The van der Waals surface area contributed by atoms with Crippen LogP contribution < -0.4 is 19.7 Å².